The van der Waals surface area contributed by atoms with Gasteiger partial charge in [-0.05, 0) is 63.3 Å². The van der Waals surface area contributed by atoms with E-state index in [1.54, 1.807) is 0 Å². The number of aromatic nitrogens is 3. The Balaban J connectivity index is 0.000000706. The minimum Gasteiger partial charge on any atom is -0.483 e. The predicted octanol–water partition coefficient (Wildman–Crippen LogP) is 2.92. The van der Waals surface area contributed by atoms with Gasteiger partial charge in [-0.15, -0.1) is 0 Å². The van der Waals surface area contributed by atoms with Crippen LogP contribution in [-0.2, 0) is 11.3 Å². The molecule has 7 nitrogen and oxygen atoms in total. The highest BCUT2D eigenvalue weighted by molar-refractivity contribution is 5.32. The van der Waals surface area contributed by atoms with Gasteiger partial charge in [-0.3, -0.25) is 19.7 Å². The number of fused-ring (bicyclic) bond motifs is 4. The molecule has 3 aliphatic heterocycles. The van der Waals surface area contributed by atoms with E-state index in [4.69, 9.17) is 9.90 Å². The maximum atomic E-state index is 8.36. The van der Waals surface area contributed by atoms with E-state index in [0.29, 0.717) is 0 Å². The third kappa shape index (κ3) is 5.11. The van der Waals surface area contributed by atoms with Gasteiger partial charge in [0.15, 0.2) is 5.82 Å². The molecule has 7 heteroatoms. The van der Waals surface area contributed by atoms with Crippen molar-refractivity contribution < 1.29 is 9.90 Å². The summed E-state index contributed by atoms with van der Waals surface area (Å²) in [7, 11) is 0. The number of hydrogen-bond acceptors (Lipinski definition) is 5. The first-order valence-corrected chi connectivity index (χ1v) is 11.0. The van der Waals surface area contributed by atoms with Crippen molar-refractivity contribution in [2.45, 2.75) is 77.9 Å². The Morgan fingerprint density at radius 2 is 2.04 bits per heavy atom. The maximum absolute atomic E-state index is 8.36. The standard InChI is InChI=1S/C20H35N5.CH2O2/c1-14(2)7-8-19-17-10-16(18-6-4-5-9-25(18)19)11-24(12-17)13-20-21-15(3)22-23-20;2-1-3/h14,16-19H,4-13H2,1-3H3,(H,21,22,23);1H,(H,2,3)/t16-,17+,18+,19+;/m1./s1. The lowest BCUT2D eigenvalue weighted by atomic mass is 9.71. The Labute approximate surface area is 168 Å². The third-order valence-corrected chi connectivity index (χ3v) is 6.75. The molecule has 0 spiro atoms. The number of rotatable bonds is 5. The van der Waals surface area contributed by atoms with Crippen LogP contribution in [0.2, 0.25) is 0 Å². The lowest BCUT2D eigenvalue weighted by Crippen LogP contribution is -2.63. The zero-order valence-electron chi connectivity index (χ0n) is 17.7. The lowest BCUT2D eigenvalue weighted by Gasteiger charge is -2.57. The van der Waals surface area contributed by atoms with Crippen molar-refractivity contribution in [3.8, 4) is 0 Å². The molecule has 0 aliphatic carbocycles. The number of H-pyrrole nitrogens is 1. The van der Waals surface area contributed by atoms with Crippen LogP contribution >= 0.6 is 0 Å². The van der Waals surface area contributed by atoms with Crippen molar-refractivity contribution in [2.75, 3.05) is 19.6 Å². The molecule has 3 aliphatic rings. The van der Waals surface area contributed by atoms with Gasteiger partial charge < -0.3 is 5.11 Å². The van der Waals surface area contributed by atoms with E-state index in [9.17, 15) is 0 Å². The molecular weight excluding hydrogens is 354 g/mol. The van der Waals surface area contributed by atoms with E-state index in [0.717, 1.165) is 48.0 Å². The number of likely N-dealkylation sites (tertiary alicyclic amines) is 1. The number of aromatic amines is 1. The first-order valence-electron chi connectivity index (χ1n) is 11.0. The van der Waals surface area contributed by atoms with Gasteiger partial charge in [0.1, 0.15) is 5.82 Å². The summed E-state index contributed by atoms with van der Waals surface area (Å²) in [6.45, 7) is 11.2. The van der Waals surface area contributed by atoms with Crippen LogP contribution in [0.1, 0.15) is 64.0 Å². The maximum Gasteiger partial charge on any atom is 0.290 e. The van der Waals surface area contributed by atoms with Crippen LogP contribution in [-0.4, -0.2) is 68.3 Å². The average Bonchev–Trinajstić information content (AvgIpc) is 3.07. The first-order chi connectivity index (χ1) is 13.5. The highest BCUT2D eigenvalue weighted by Crippen LogP contribution is 2.42. The van der Waals surface area contributed by atoms with Crippen LogP contribution in [0.25, 0.3) is 0 Å². The number of nitrogens with zero attached hydrogens (tertiary/aromatic N) is 4. The van der Waals surface area contributed by atoms with E-state index >= 15 is 0 Å². The monoisotopic (exact) mass is 391 g/mol. The second-order valence-corrected chi connectivity index (χ2v) is 9.23. The minimum atomic E-state index is -0.250. The summed E-state index contributed by atoms with van der Waals surface area (Å²) in [5.41, 5.74) is 0. The summed E-state index contributed by atoms with van der Waals surface area (Å²) in [6.07, 6.45) is 8.47. The van der Waals surface area contributed by atoms with Crippen LogP contribution in [0.4, 0.5) is 0 Å². The number of piperidine rings is 3. The third-order valence-electron chi connectivity index (χ3n) is 6.75. The zero-order chi connectivity index (χ0) is 20.1. The van der Waals surface area contributed by atoms with Gasteiger partial charge in [0.2, 0.25) is 0 Å². The largest absolute Gasteiger partial charge is 0.483 e. The number of carboxylic acid groups (broad SMARTS) is 1. The van der Waals surface area contributed by atoms with Gasteiger partial charge >= 0.3 is 0 Å². The number of hydrogen-bond donors (Lipinski definition) is 2. The highest BCUT2D eigenvalue weighted by Gasteiger charge is 2.46. The molecule has 0 aromatic carbocycles. The number of aryl methyl sites for hydroxylation is 1. The lowest BCUT2D eigenvalue weighted by molar-refractivity contribution is -0.122. The number of nitrogens with one attached hydrogen (secondary N) is 1. The summed E-state index contributed by atoms with van der Waals surface area (Å²) in [6, 6.07) is 1.64. The van der Waals surface area contributed by atoms with Crippen LogP contribution in [0, 0.1) is 24.7 Å². The smallest absolute Gasteiger partial charge is 0.290 e. The second-order valence-electron chi connectivity index (χ2n) is 9.23. The fraction of sp³-hybridized carbons (Fsp3) is 0.857. The Hall–Kier alpha value is -1.47. The molecule has 158 valence electrons. The summed E-state index contributed by atoms with van der Waals surface area (Å²) in [4.78, 5) is 18.5. The zero-order valence-corrected chi connectivity index (χ0v) is 17.7. The van der Waals surface area contributed by atoms with Gasteiger partial charge in [0.25, 0.3) is 6.47 Å². The molecular formula is C21H37N5O2. The molecule has 2 bridgehead atoms. The molecule has 1 aromatic rings. The highest BCUT2D eigenvalue weighted by atomic mass is 16.3. The minimum absolute atomic E-state index is 0.250. The molecule has 4 atom stereocenters. The van der Waals surface area contributed by atoms with Gasteiger partial charge in [0.05, 0.1) is 6.54 Å². The van der Waals surface area contributed by atoms with Crippen molar-refractivity contribution in [3.63, 3.8) is 0 Å². The Kier molecular flexibility index (Phi) is 7.46. The summed E-state index contributed by atoms with van der Waals surface area (Å²) in [5.74, 6) is 4.41. The van der Waals surface area contributed by atoms with Crippen LogP contribution < -0.4 is 0 Å². The van der Waals surface area contributed by atoms with Crippen LogP contribution in [0.15, 0.2) is 0 Å². The van der Waals surface area contributed by atoms with Crippen LogP contribution in [0.3, 0.4) is 0 Å². The second kappa shape index (κ2) is 9.83. The van der Waals surface area contributed by atoms with Crippen molar-refractivity contribution in [3.05, 3.63) is 11.6 Å². The fourth-order valence-electron chi connectivity index (χ4n) is 5.70. The fourth-order valence-corrected chi connectivity index (χ4v) is 5.70. The summed E-state index contributed by atoms with van der Waals surface area (Å²) in [5, 5.41) is 14.3. The number of carbonyl (C=O) groups is 1. The molecule has 28 heavy (non-hydrogen) atoms. The molecule has 1 aromatic heterocycles. The molecule has 0 amide bonds. The van der Waals surface area contributed by atoms with E-state index in [1.165, 1.54) is 58.2 Å². The van der Waals surface area contributed by atoms with E-state index in [2.05, 4.69) is 38.8 Å². The summed E-state index contributed by atoms with van der Waals surface area (Å²) < 4.78 is 0. The van der Waals surface area contributed by atoms with Crippen molar-refractivity contribution in [1.29, 1.82) is 0 Å². The quantitative estimate of drug-likeness (QED) is 0.751. The molecule has 4 rings (SSSR count). The van der Waals surface area contributed by atoms with Gasteiger partial charge in [-0.25, -0.2) is 4.98 Å². The first kappa shape index (κ1) is 21.2. The normalized spacial score (nSPS) is 30.4. The topological polar surface area (TPSA) is 85.4 Å². The van der Waals surface area contributed by atoms with Crippen molar-refractivity contribution in [1.82, 2.24) is 25.0 Å². The summed E-state index contributed by atoms with van der Waals surface area (Å²) >= 11 is 0. The van der Waals surface area contributed by atoms with Gasteiger partial charge in [-0.2, -0.15) is 5.10 Å². The van der Waals surface area contributed by atoms with Gasteiger partial charge in [0, 0.05) is 25.2 Å². The van der Waals surface area contributed by atoms with Crippen LogP contribution in [0.5, 0.6) is 0 Å². The average molecular weight is 392 g/mol. The Morgan fingerprint density at radius 1 is 1.29 bits per heavy atom. The molecule has 3 fully saturated rings. The van der Waals surface area contributed by atoms with Crippen molar-refractivity contribution in [2.24, 2.45) is 17.8 Å². The van der Waals surface area contributed by atoms with E-state index < -0.39 is 0 Å². The molecule has 0 saturated carbocycles. The molecule has 3 saturated heterocycles. The molecule has 2 N–H and O–H groups in total. The Bertz CT molecular complexity index is 620. The Morgan fingerprint density at radius 3 is 2.71 bits per heavy atom. The molecule has 0 unspecified atom stereocenters. The molecule has 4 heterocycles. The van der Waals surface area contributed by atoms with E-state index in [-0.39, 0.29) is 6.47 Å². The SMILES string of the molecule is Cc1nc(CN2C[C@H]3C[C@@H](C2)[C@H](CCC(C)C)N2CCCC[C@@H]32)n[nH]1.O=CO. The van der Waals surface area contributed by atoms with Gasteiger partial charge in [-0.1, -0.05) is 20.3 Å². The molecule has 0 radical (unpaired) electrons. The van der Waals surface area contributed by atoms with Crippen molar-refractivity contribution >= 4 is 6.47 Å². The van der Waals surface area contributed by atoms with E-state index in [1.807, 2.05) is 6.92 Å². The predicted molar refractivity (Wildman–Crippen MR) is 109 cm³/mol.